The Morgan fingerprint density at radius 3 is 2.90 bits per heavy atom. The summed E-state index contributed by atoms with van der Waals surface area (Å²) >= 11 is 0. The molecule has 2 rings (SSSR count). The van der Waals surface area contributed by atoms with Gasteiger partial charge in [0, 0.05) is 19.0 Å². The largest absolute Gasteiger partial charge is 0.392 e. The Hall–Kier alpha value is -1.10. The van der Waals surface area contributed by atoms with E-state index in [1.165, 1.54) is 12.8 Å². The molecule has 1 aromatic rings. The normalized spacial score (nSPS) is 17.6. The van der Waals surface area contributed by atoms with Crippen LogP contribution >= 0.6 is 12.4 Å². The molecule has 4 nitrogen and oxygen atoms in total. The minimum atomic E-state index is 0. The van der Waals surface area contributed by atoms with E-state index in [9.17, 15) is 4.79 Å². The zero-order valence-corrected chi connectivity index (χ0v) is 12.4. The minimum absolute atomic E-state index is 0. The second-order valence-corrected chi connectivity index (χ2v) is 5.09. The van der Waals surface area contributed by atoms with Gasteiger partial charge in [0.1, 0.15) is 0 Å². The Labute approximate surface area is 126 Å². The summed E-state index contributed by atoms with van der Waals surface area (Å²) in [5.74, 6) is 0.100. The summed E-state index contributed by atoms with van der Waals surface area (Å²) in [4.78, 5) is 11.7. The first-order chi connectivity index (χ1) is 9.28. The number of hydrogen-bond donors (Lipinski definition) is 3. The van der Waals surface area contributed by atoms with Crippen molar-refractivity contribution in [3.63, 3.8) is 0 Å². The highest BCUT2D eigenvalue weighted by Gasteiger charge is 2.14. The van der Waals surface area contributed by atoms with Gasteiger partial charge in [-0.15, -0.1) is 12.4 Å². The van der Waals surface area contributed by atoms with Gasteiger partial charge in [0.25, 0.3) is 0 Å². The zero-order chi connectivity index (χ0) is 13.5. The summed E-state index contributed by atoms with van der Waals surface area (Å²) in [6, 6.07) is 8.16. The fourth-order valence-electron chi connectivity index (χ4n) is 2.44. The molecule has 1 aliphatic rings. The number of carbonyl (C=O) groups excluding carboxylic acids is 1. The highest BCUT2D eigenvalue weighted by atomic mass is 35.5. The van der Waals surface area contributed by atoms with Crippen LogP contribution in [0.2, 0.25) is 0 Å². The Morgan fingerprint density at radius 2 is 2.20 bits per heavy atom. The lowest BCUT2D eigenvalue weighted by Gasteiger charge is -2.10. The molecule has 1 unspecified atom stereocenters. The van der Waals surface area contributed by atoms with E-state index in [1.807, 2.05) is 24.3 Å². The molecule has 1 heterocycles. The summed E-state index contributed by atoms with van der Waals surface area (Å²) in [6.45, 7) is 1.65. The molecule has 0 radical (unpaired) electrons. The Kier molecular flexibility index (Phi) is 7.59. The maximum absolute atomic E-state index is 11.7. The van der Waals surface area contributed by atoms with Crippen molar-refractivity contribution in [1.29, 1.82) is 0 Å². The van der Waals surface area contributed by atoms with Crippen molar-refractivity contribution in [3.05, 3.63) is 35.4 Å². The number of carbonyl (C=O) groups is 1. The molecule has 0 spiro atoms. The quantitative estimate of drug-likeness (QED) is 0.750. The topological polar surface area (TPSA) is 61.4 Å². The molecule has 0 bridgehead atoms. The van der Waals surface area contributed by atoms with Crippen molar-refractivity contribution < 1.29 is 9.90 Å². The number of rotatable bonds is 6. The van der Waals surface area contributed by atoms with E-state index in [4.69, 9.17) is 5.11 Å². The summed E-state index contributed by atoms with van der Waals surface area (Å²) in [5.41, 5.74) is 1.90. The van der Waals surface area contributed by atoms with E-state index in [-0.39, 0.29) is 24.9 Å². The van der Waals surface area contributed by atoms with Gasteiger partial charge < -0.3 is 15.7 Å². The van der Waals surface area contributed by atoms with Gasteiger partial charge in [-0.3, -0.25) is 4.79 Å². The lowest BCUT2D eigenvalue weighted by Crippen LogP contribution is -2.27. The number of nitrogens with one attached hydrogen (secondary N) is 2. The summed E-state index contributed by atoms with van der Waals surface area (Å²) in [7, 11) is 0. The second kappa shape index (κ2) is 8.95. The highest BCUT2D eigenvalue weighted by molar-refractivity contribution is 5.85. The van der Waals surface area contributed by atoms with Gasteiger partial charge in [-0.1, -0.05) is 24.3 Å². The van der Waals surface area contributed by atoms with Gasteiger partial charge in [0.15, 0.2) is 0 Å². The number of benzene rings is 1. The number of aliphatic hydroxyl groups is 1. The molecule has 1 saturated heterocycles. The van der Waals surface area contributed by atoms with Gasteiger partial charge in [-0.25, -0.2) is 0 Å². The van der Waals surface area contributed by atoms with Gasteiger partial charge in [-0.2, -0.15) is 0 Å². The molecule has 1 amide bonds. The molecule has 0 aromatic heterocycles. The average molecular weight is 299 g/mol. The predicted molar refractivity (Wildman–Crippen MR) is 81.7 cm³/mol. The van der Waals surface area contributed by atoms with Crippen LogP contribution in [0.1, 0.15) is 36.8 Å². The predicted octanol–water partition coefficient (Wildman–Crippen LogP) is 1.75. The third-order valence-electron chi connectivity index (χ3n) is 3.55. The van der Waals surface area contributed by atoms with E-state index in [0.717, 1.165) is 24.1 Å². The minimum Gasteiger partial charge on any atom is -0.392 e. The Morgan fingerprint density at radius 1 is 1.40 bits per heavy atom. The monoisotopic (exact) mass is 298 g/mol. The van der Waals surface area contributed by atoms with Crippen LogP contribution in [-0.2, 0) is 17.9 Å². The van der Waals surface area contributed by atoms with E-state index in [0.29, 0.717) is 19.0 Å². The Bertz CT molecular complexity index is 420. The van der Waals surface area contributed by atoms with Crippen molar-refractivity contribution in [2.45, 2.75) is 44.9 Å². The van der Waals surface area contributed by atoms with Crippen molar-refractivity contribution >= 4 is 18.3 Å². The van der Waals surface area contributed by atoms with Crippen molar-refractivity contribution in [2.24, 2.45) is 0 Å². The lowest BCUT2D eigenvalue weighted by atomic mass is 10.1. The van der Waals surface area contributed by atoms with Gasteiger partial charge in [0.2, 0.25) is 5.91 Å². The molecular formula is C15H23ClN2O2. The van der Waals surface area contributed by atoms with Crippen LogP contribution in [0.4, 0.5) is 0 Å². The van der Waals surface area contributed by atoms with Crippen LogP contribution in [0.3, 0.4) is 0 Å². The molecule has 112 valence electrons. The zero-order valence-electron chi connectivity index (χ0n) is 11.6. The van der Waals surface area contributed by atoms with Gasteiger partial charge in [0.05, 0.1) is 6.61 Å². The lowest BCUT2D eigenvalue weighted by molar-refractivity contribution is -0.121. The highest BCUT2D eigenvalue weighted by Crippen LogP contribution is 2.10. The molecule has 0 saturated carbocycles. The molecule has 1 fully saturated rings. The van der Waals surface area contributed by atoms with E-state index >= 15 is 0 Å². The molecule has 5 heteroatoms. The van der Waals surface area contributed by atoms with Gasteiger partial charge >= 0.3 is 0 Å². The van der Waals surface area contributed by atoms with Crippen LogP contribution in [0.5, 0.6) is 0 Å². The molecule has 3 N–H and O–H groups in total. The van der Waals surface area contributed by atoms with Crippen LogP contribution in [0.25, 0.3) is 0 Å². The summed E-state index contributed by atoms with van der Waals surface area (Å²) in [5, 5.41) is 15.4. The molecule has 1 atom stereocenters. The smallest absolute Gasteiger partial charge is 0.220 e. The maximum atomic E-state index is 11.7. The first-order valence-electron chi connectivity index (χ1n) is 6.96. The molecule has 1 aliphatic heterocycles. The first-order valence-corrected chi connectivity index (χ1v) is 6.96. The standard InChI is InChI=1S/C15H22N2O2.ClH/c18-11-13-4-1-3-12(9-13)10-17-15(19)7-6-14-5-2-8-16-14;/h1,3-4,9,14,16,18H,2,5-8,10-11H2,(H,17,19);1H. The average Bonchev–Trinajstić information content (AvgIpc) is 2.96. The Balaban J connectivity index is 0.00000200. The third kappa shape index (κ3) is 5.49. The third-order valence-corrected chi connectivity index (χ3v) is 3.55. The number of aliphatic hydroxyl groups excluding tert-OH is 1. The second-order valence-electron chi connectivity index (χ2n) is 5.09. The first kappa shape index (κ1) is 17.0. The van der Waals surface area contributed by atoms with E-state index in [1.54, 1.807) is 0 Å². The number of amides is 1. The fourth-order valence-corrected chi connectivity index (χ4v) is 2.44. The summed E-state index contributed by atoms with van der Waals surface area (Å²) in [6.07, 6.45) is 3.91. The summed E-state index contributed by atoms with van der Waals surface area (Å²) < 4.78 is 0. The number of halogens is 1. The number of hydrogen-bond acceptors (Lipinski definition) is 3. The van der Waals surface area contributed by atoms with Crippen LogP contribution < -0.4 is 10.6 Å². The van der Waals surface area contributed by atoms with Gasteiger partial charge in [-0.05, 0) is 36.9 Å². The molecule has 0 aliphatic carbocycles. The van der Waals surface area contributed by atoms with Crippen LogP contribution in [-0.4, -0.2) is 23.6 Å². The van der Waals surface area contributed by atoms with Crippen LogP contribution in [0.15, 0.2) is 24.3 Å². The van der Waals surface area contributed by atoms with Crippen molar-refractivity contribution in [3.8, 4) is 0 Å². The maximum Gasteiger partial charge on any atom is 0.220 e. The molecular weight excluding hydrogens is 276 g/mol. The van der Waals surface area contributed by atoms with Crippen LogP contribution in [0, 0.1) is 0 Å². The van der Waals surface area contributed by atoms with Crippen molar-refractivity contribution in [1.82, 2.24) is 10.6 Å². The molecule has 20 heavy (non-hydrogen) atoms. The SMILES string of the molecule is Cl.O=C(CCC1CCCN1)NCc1cccc(CO)c1. The van der Waals surface area contributed by atoms with Crippen molar-refractivity contribution in [2.75, 3.05) is 6.54 Å². The van der Waals surface area contributed by atoms with E-state index < -0.39 is 0 Å². The molecule has 1 aromatic carbocycles. The van der Waals surface area contributed by atoms with E-state index in [2.05, 4.69) is 10.6 Å². The fraction of sp³-hybridized carbons (Fsp3) is 0.533.